The molecule has 2 N–H and O–H groups in total. The van der Waals surface area contributed by atoms with Crippen LogP contribution in [0.5, 0.6) is 0 Å². The van der Waals surface area contributed by atoms with Crippen LogP contribution in [-0.2, 0) is 4.79 Å². The third-order valence-corrected chi connectivity index (χ3v) is 0.475. The van der Waals surface area contributed by atoms with E-state index < -0.39 is 0 Å². The van der Waals surface area contributed by atoms with Crippen LogP contribution in [0.2, 0.25) is 0 Å². The molecule has 0 spiro atoms. The van der Waals surface area contributed by atoms with Gasteiger partial charge in [0.2, 0.25) is 6.41 Å². The van der Waals surface area contributed by atoms with Crippen LogP contribution >= 0.6 is 0 Å². The highest BCUT2D eigenvalue weighted by atomic mass is 16.1. The predicted octanol–water partition coefficient (Wildman–Crippen LogP) is -0.496. The van der Waals surface area contributed by atoms with E-state index in [2.05, 4.69) is 6.58 Å². The maximum absolute atomic E-state index is 9.65. The summed E-state index contributed by atoms with van der Waals surface area (Å²) in [5.74, 6) is 4.98. The molecule has 3 nitrogen and oxygen atoms in total. The Labute approximate surface area is 42.4 Å². The molecule has 0 fully saturated rings. The molecule has 0 aliphatic rings. The third-order valence-electron chi connectivity index (χ3n) is 0.475. The smallest absolute Gasteiger partial charge is 0.223 e. The van der Waals surface area contributed by atoms with Crippen molar-refractivity contribution in [3.63, 3.8) is 0 Å². The molecule has 0 unspecified atom stereocenters. The van der Waals surface area contributed by atoms with Gasteiger partial charge in [0.25, 0.3) is 0 Å². The van der Waals surface area contributed by atoms with Crippen molar-refractivity contribution in [2.75, 3.05) is 6.54 Å². The SMILES string of the molecule is C=CCN(N)C=O. The molecular weight excluding hydrogens is 92.1 g/mol. The molecule has 0 saturated heterocycles. The highest BCUT2D eigenvalue weighted by Gasteiger charge is 1.82. The lowest BCUT2D eigenvalue weighted by Crippen LogP contribution is -2.28. The van der Waals surface area contributed by atoms with Crippen molar-refractivity contribution in [2.45, 2.75) is 0 Å². The Hall–Kier alpha value is -0.830. The van der Waals surface area contributed by atoms with Crippen LogP contribution in [0.1, 0.15) is 0 Å². The van der Waals surface area contributed by atoms with Gasteiger partial charge in [-0.05, 0) is 0 Å². The average Bonchev–Trinajstić information content (AvgIpc) is 1.68. The van der Waals surface area contributed by atoms with Crippen molar-refractivity contribution in [1.29, 1.82) is 0 Å². The van der Waals surface area contributed by atoms with Gasteiger partial charge in [0.1, 0.15) is 0 Å². The van der Waals surface area contributed by atoms with Crippen molar-refractivity contribution in [2.24, 2.45) is 5.84 Å². The standard InChI is InChI=1S/C4H8N2O/c1-2-3-6(5)4-7/h2,4H,1,3,5H2. The first-order chi connectivity index (χ1) is 3.31. The van der Waals surface area contributed by atoms with Crippen molar-refractivity contribution in [3.05, 3.63) is 12.7 Å². The van der Waals surface area contributed by atoms with Crippen LogP contribution in [0, 0.1) is 0 Å². The molecule has 0 aromatic heterocycles. The van der Waals surface area contributed by atoms with E-state index in [1.807, 2.05) is 0 Å². The van der Waals surface area contributed by atoms with Gasteiger partial charge in [-0.2, -0.15) is 0 Å². The molecule has 0 radical (unpaired) electrons. The number of nitrogens with two attached hydrogens (primary N) is 1. The topological polar surface area (TPSA) is 46.3 Å². The van der Waals surface area contributed by atoms with Gasteiger partial charge in [-0.15, -0.1) is 6.58 Å². The molecule has 40 valence electrons. The normalized spacial score (nSPS) is 7.57. The zero-order valence-corrected chi connectivity index (χ0v) is 4.00. The van der Waals surface area contributed by atoms with Crippen molar-refractivity contribution < 1.29 is 4.79 Å². The summed E-state index contributed by atoms with van der Waals surface area (Å²) < 4.78 is 0. The van der Waals surface area contributed by atoms with E-state index in [0.717, 1.165) is 5.01 Å². The molecule has 3 heteroatoms. The minimum absolute atomic E-state index is 0.406. The van der Waals surface area contributed by atoms with Gasteiger partial charge in [0, 0.05) is 0 Å². The summed E-state index contributed by atoms with van der Waals surface area (Å²) in [7, 11) is 0. The Morgan fingerprint density at radius 2 is 2.43 bits per heavy atom. The lowest BCUT2D eigenvalue weighted by Gasteiger charge is -2.02. The first kappa shape index (κ1) is 6.17. The van der Waals surface area contributed by atoms with Gasteiger partial charge in [0.05, 0.1) is 6.54 Å². The van der Waals surface area contributed by atoms with E-state index in [9.17, 15) is 4.79 Å². The van der Waals surface area contributed by atoms with Crippen LogP contribution < -0.4 is 5.84 Å². The minimum Gasteiger partial charge on any atom is -0.279 e. The number of amides is 1. The average molecular weight is 100 g/mol. The fourth-order valence-corrected chi connectivity index (χ4v) is 0.192. The molecule has 0 atom stereocenters. The summed E-state index contributed by atoms with van der Waals surface area (Å²) in [6.45, 7) is 3.77. The summed E-state index contributed by atoms with van der Waals surface area (Å²) in [5.41, 5.74) is 0. The zero-order chi connectivity index (χ0) is 5.70. The molecule has 0 aliphatic heterocycles. The first-order valence-corrected chi connectivity index (χ1v) is 1.88. The molecule has 0 aromatic carbocycles. The minimum atomic E-state index is 0.406. The van der Waals surface area contributed by atoms with Gasteiger partial charge in [-0.1, -0.05) is 6.08 Å². The molecule has 0 bridgehead atoms. The Bertz CT molecular complexity index is 72.1. The number of carbonyl (C=O) groups is 1. The van der Waals surface area contributed by atoms with Crippen LogP contribution in [0.3, 0.4) is 0 Å². The van der Waals surface area contributed by atoms with E-state index >= 15 is 0 Å². The van der Waals surface area contributed by atoms with E-state index in [-0.39, 0.29) is 0 Å². The summed E-state index contributed by atoms with van der Waals surface area (Å²) in [4.78, 5) is 9.65. The Balaban J connectivity index is 3.15. The van der Waals surface area contributed by atoms with Crippen LogP contribution in [0.4, 0.5) is 0 Å². The molecule has 0 saturated carbocycles. The van der Waals surface area contributed by atoms with Crippen molar-refractivity contribution >= 4 is 6.41 Å². The molecule has 1 amide bonds. The fourth-order valence-electron chi connectivity index (χ4n) is 0.192. The lowest BCUT2D eigenvalue weighted by molar-refractivity contribution is -0.117. The van der Waals surface area contributed by atoms with Gasteiger partial charge >= 0.3 is 0 Å². The first-order valence-electron chi connectivity index (χ1n) is 1.88. The van der Waals surface area contributed by atoms with Crippen molar-refractivity contribution in [1.82, 2.24) is 5.01 Å². The highest BCUT2D eigenvalue weighted by molar-refractivity contribution is 5.45. The van der Waals surface area contributed by atoms with E-state index in [0.29, 0.717) is 13.0 Å². The van der Waals surface area contributed by atoms with Gasteiger partial charge in [0.15, 0.2) is 0 Å². The molecule has 7 heavy (non-hydrogen) atoms. The highest BCUT2D eigenvalue weighted by Crippen LogP contribution is 1.66. The van der Waals surface area contributed by atoms with E-state index in [4.69, 9.17) is 5.84 Å². The largest absolute Gasteiger partial charge is 0.279 e. The van der Waals surface area contributed by atoms with Gasteiger partial charge in [-0.25, -0.2) is 5.84 Å². The lowest BCUT2D eigenvalue weighted by atomic mass is 10.6. The Kier molecular flexibility index (Phi) is 2.96. The number of hydrogen-bond acceptors (Lipinski definition) is 2. The number of hydrogen-bond donors (Lipinski definition) is 1. The summed E-state index contributed by atoms with van der Waals surface area (Å²) in [5, 5.41) is 1.01. The second kappa shape index (κ2) is 3.36. The number of rotatable bonds is 3. The van der Waals surface area contributed by atoms with E-state index in [1.165, 1.54) is 0 Å². The number of nitrogens with zero attached hydrogens (tertiary/aromatic N) is 1. The molecule has 0 aromatic rings. The monoisotopic (exact) mass is 100 g/mol. The summed E-state index contributed by atoms with van der Waals surface area (Å²) in [6.07, 6.45) is 2.09. The molecule has 0 aliphatic carbocycles. The van der Waals surface area contributed by atoms with Crippen molar-refractivity contribution in [3.8, 4) is 0 Å². The summed E-state index contributed by atoms with van der Waals surface area (Å²) >= 11 is 0. The third kappa shape index (κ3) is 2.99. The van der Waals surface area contributed by atoms with Crippen LogP contribution in [0.25, 0.3) is 0 Å². The molecular formula is C4H8N2O. The second-order valence-corrected chi connectivity index (χ2v) is 1.09. The van der Waals surface area contributed by atoms with E-state index in [1.54, 1.807) is 6.08 Å². The Morgan fingerprint density at radius 1 is 1.86 bits per heavy atom. The maximum Gasteiger partial charge on any atom is 0.223 e. The second-order valence-electron chi connectivity index (χ2n) is 1.09. The number of hydrazine groups is 1. The van der Waals surface area contributed by atoms with Crippen LogP contribution in [0.15, 0.2) is 12.7 Å². The quantitative estimate of drug-likeness (QED) is 0.171. The number of carbonyl (C=O) groups excluding carboxylic acids is 1. The Morgan fingerprint density at radius 3 is 2.57 bits per heavy atom. The molecule has 0 rings (SSSR count). The van der Waals surface area contributed by atoms with Gasteiger partial charge < -0.3 is 0 Å². The van der Waals surface area contributed by atoms with Gasteiger partial charge in [-0.3, -0.25) is 9.80 Å². The fraction of sp³-hybridized carbons (Fsp3) is 0.250. The zero-order valence-electron chi connectivity index (χ0n) is 4.00. The predicted molar refractivity (Wildman–Crippen MR) is 27.2 cm³/mol. The summed E-state index contributed by atoms with van der Waals surface area (Å²) in [6, 6.07) is 0. The van der Waals surface area contributed by atoms with Crippen LogP contribution in [-0.4, -0.2) is 18.0 Å². The maximum atomic E-state index is 9.65. The molecule has 0 heterocycles.